The van der Waals surface area contributed by atoms with E-state index in [1.165, 1.54) is 11.1 Å². The minimum Gasteiger partial charge on any atom is -0.483 e. The second kappa shape index (κ2) is 4.64. The Hall–Kier alpha value is -1.50. The van der Waals surface area contributed by atoms with Gasteiger partial charge < -0.3 is 4.74 Å². The molecule has 0 radical (unpaired) electrons. The number of allylic oxidation sites excluding steroid dienone is 1. The van der Waals surface area contributed by atoms with E-state index >= 15 is 0 Å². The molecular formula is C17H22O. The van der Waals surface area contributed by atoms with Crippen molar-refractivity contribution in [3.8, 4) is 0 Å². The average Bonchev–Trinajstić information content (AvgIpc) is 2.63. The van der Waals surface area contributed by atoms with Gasteiger partial charge in [-0.1, -0.05) is 51.3 Å². The highest BCUT2D eigenvalue weighted by Gasteiger charge is 2.46. The Labute approximate surface area is 110 Å². The van der Waals surface area contributed by atoms with E-state index in [-0.39, 0.29) is 5.60 Å². The SMILES string of the molecule is C=CC(=C)OC1(C)c2ccccc2CC1C(C)C. The number of rotatable bonds is 4. The molecule has 1 aliphatic rings. The van der Waals surface area contributed by atoms with Crippen molar-refractivity contribution >= 4 is 0 Å². The van der Waals surface area contributed by atoms with Crippen molar-refractivity contribution in [3.05, 3.63) is 60.4 Å². The first-order chi connectivity index (χ1) is 8.49. The third kappa shape index (κ3) is 1.98. The molecule has 0 fully saturated rings. The minimum absolute atomic E-state index is 0.282. The molecule has 0 bridgehead atoms. The van der Waals surface area contributed by atoms with Crippen LogP contribution in [0.25, 0.3) is 0 Å². The van der Waals surface area contributed by atoms with Crippen molar-refractivity contribution < 1.29 is 4.74 Å². The van der Waals surface area contributed by atoms with Gasteiger partial charge in [0, 0.05) is 5.92 Å². The van der Waals surface area contributed by atoms with E-state index in [0.717, 1.165) is 6.42 Å². The fraction of sp³-hybridized carbons (Fsp3) is 0.412. The summed E-state index contributed by atoms with van der Waals surface area (Å²) in [5, 5.41) is 0. The summed E-state index contributed by atoms with van der Waals surface area (Å²) in [5.74, 6) is 1.70. The Balaban J connectivity index is 2.44. The summed E-state index contributed by atoms with van der Waals surface area (Å²) in [6, 6.07) is 8.56. The Kier molecular flexibility index (Phi) is 3.34. The first-order valence-electron chi connectivity index (χ1n) is 6.57. The van der Waals surface area contributed by atoms with Crippen LogP contribution in [0.2, 0.25) is 0 Å². The van der Waals surface area contributed by atoms with Crippen molar-refractivity contribution in [2.75, 3.05) is 0 Å². The van der Waals surface area contributed by atoms with E-state index in [4.69, 9.17) is 4.74 Å². The monoisotopic (exact) mass is 242 g/mol. The number of hydrogen-bond donors (Lipinski definition) is 0. The molecule has 1 heteroatoms. The standard InChI is InChI=1S/C17H22O/c1-6-13(4)18-17(5)15-10-8-7-9-14(15)11-16(17)12(2)3/h6-10,12,16H,1,4,11H2,2-3,5H3. The van der Waals surface area contributed by atoms with Gasteiger partial charge in [0.15, 0.2) is 0 Å². The van der Waals surface area contributed by atoms with Crippen LogP contribution in [0.5, 0.6) is 0 Å². The summed E-state index contributed by atoms with van der Waals surface area (Å²) in [5.41, 5.74) is 2.41. The third-order valence-electron chi connectivity index (χ3n) is 4.08. The predicted octanol–water partition coefficient (Wildman–Crippen LogP) is 4.45. The van der Waals surface area contributed by atoms with E-state index in [2.05, 4.69) is 58.2 Å². The molecule has 2 atom stereocenters. The normalized spacial score (nSPS) is 25.9. The summed E-state index contributed by atoms with van der Waals surface area (Å²) in [4.78, 5) is 0. The summed E-state index contributed by atoms with van der Waals surface area (Å²) in [6.45, 7) is 14.3. The molecule has 0 heterocycles. The largest absolute Gasteiger partial charge is 0.483 e. The molecule has 0 aromatic heterocycles. The molecule has 2 rings (SSSR count). The first kappa shape index (κ1) is 12.9. The molecule has 2 unspecified atom stereocenters. The van der Waals surface area contributed by atoms with Gasteiger partial charge in [0.1, 0.15) is 11.4 Å². The van der Waals surface area contributed by atoms with Crippen LogP contribution in [0.3, 0.4) is 0 Å². The van der Waals surface area contributed by atoms with E-state index in [1.54, 1.807) is 6.08 Å². The molecule has 0 saturated heterocycles. The zero-order chi connectivity index (χ0) is 13.3. The maximum atomic E-state index is 6.14. The van der Waals surface area contributed by atoms with Gasteiger partial charge in [0.25, 0.3) is 0 Å². The molecule has 96 valence electrons. The molecule has 0 saturated carbocycles. The predicted molar refractivity (Wildman–Crippen MR) is 76.2 cm³/mol. The number of fused-ring (bicyclic) bond motifs is 1. The quantitative estimate of drug-likeness (QED) is 0.560. The Morgan fingerprint density at radius 2 is 2.11 bits per heavy atom. The van der Waals surface area contributed by atoms with Crippen LogP contribution in [0.15, 0.2) is 49.3 Å². The first-order valence-corrected chi connectivity index (χ1v) is 6.57. The molecule has 1 nitrogen and oxygen atoms in total. The van der Waals surface area contributed by atoms with Gasteiger partial charge in [-0.2, -0.15) is 0 Å². The van der Waals surface area contributed by atoms with Gasteiger partial charge in [-0.25, -0.2) is 0 Å². The maximum absolute atomic E-state index is 6.14. The number of ether oxygens (including phenoxy) is 1. The molecule has 18 heavy (non-hydrogen) atoms. The molecule has 0 aliphatic heterocycles. The lowest BCUT2D eigenvalue weighted by Gasteiger charge is -2.36. The van der Waals surface area contributed by atoms with Crippen molar-refractivity contribution in [2.24, 2.45) is 11.8 Å². The highest BCUT2D eigenvalue weighted by Crippen LogP contribution is 2.48. The van der Waals surface area contributed by atoms with E-state index in [0.29, 0.717) is 17.6 Å². The van der Waals surface area contributed by atoms with Gasteiger partial charge >= 0.3 is 0 Å². The Morgan fingerprint density at radius 1 is 1.44 bits per heavy atom. The molecule has 0 spiro atoms. The third-order valence-corrected chi connectivity index (χ3v) is 4.08. The second-order valence-corrected chi connectivity index (χ2v) is 5.59. The zero-order valence-corrected chi connectivity index (χ0v) is 11.6. The van der Waals surface area contributed by atoms with Gasteiger partial charge in [0.2, 0.25) is 0 Å². The fourth-order valence-electron chi connectivity index (χ4n) is 3.13. The fourth-order valence-corrected chi connectivity index (χ4v) is 3.13. The molecular weight excluding hydrogens is 220 g/mol. The lowest BCUT2D eigenvalue weighted by atomic mass is 9.81. The molecule has 1 aliphatic carbocycles. The van der Waals surface area contributed by atoms with Gasteiger partial charge in [-0.05, 0) is 36.5 Å². The van der Waals surface area contributed by atoms with Crippen LogP contribution in [-0.4, -0.2) is 0 Å². The van der Waals surface area contributed by atoms with Crippen molar-refractivity contribution in [3.63, 3.8) is 0 Å². The van der Waals surface area contributed by atoms with Crippen LogP contribution in [0, 0.1) is 11.8 Å². The average molecular weight is 242 g/mol. The lowest BCUT2D eigenvalue weighted by Crippen LogP contribution is -2.34. The Morgan fingerprint density at radius 3 is 2.72 bits per heavy atom. The van der Waals surface area contributed by atoms with Gasteiger partial charge in [-0.3, -0.25) is 0 Å². The lowest BCUT2D eigenvalue weighted by molar-refractivity contribution is -0.0370. The Bertz CT molecular complexity index is 472. The topological polar surface area (TPSA) is 9.23 Å². The molecule has 1 aromatic rings. The summed E-state index contributed by atoms with van der Waals surface area (Å²) in [6.07, 6.45) is 2.76. The van der Waals surface area contributed by atoms with Crippen molar-refractivity contribution in [2.45, 2.75) is 32.8 Å². The van der Waals surface area contributed by atoms with E-state index in [9.17, 15) is 0 Å². The van der Waals surface area contributed by atoms with Crippen LogP contribution < -0.4 is 0 Å². The highest BCUT2D eigenvalue weighted by molar-refractivity contribution is 5.39. The van der Waals surface area contributed by atoms with Crippen LogP contribution in [0.1, 0.15) is 31.9 Å². The minimum atomic E-state index is -0.282. The van der Waals surface area contributed by atoms with E-state index < -0.39 is 0 Å². The van der Waals surface area contributed by atoms with Crippen LogP contribution >= 0.6 is 0 Å². The summed E-state index contributed by atoms with van der Waals surface area (Å²) < 4.78 is 6.14. The molecule has 1 aromatic carbocycles. The van der Waals surface area contributed by atoms with E-state index in [1.807, 2.05) is 0 Å². The van der Waals surface area contributed by atoms with Gasteiger partial charge in [-0.15, -0.1) is 0 Å². The second-order valence-electron chi connectivity index (χ2n) is 5.59. The smallest absolute Gasteiger partial charge is 0.135 e. The van der Waals surface area contributed by atoms with Gasteiger partial charge in [0.05, 0.1) is 0 Å². The number of hydrogen-bond acceptors (Lipinski definition) is 1. The maximum Gasteiger partial charge on any atom is 0.135 e. The van der Waals surface area contributed by atoms with Crippen molar-refractivity contribution in [1.82, 2.24) is 0 Å². The highest BCUT2D eigenvalue weighted by atomic mass is 16.5. The van der Waals surface area contributed by atoms with Crippen LogP contribution in [-0.2, 0) is 16.8 Å². The zero-order valence-electron chi connectivity index (χ0n) is 11.6. The summed E-state index contributed by atoms with van der Waals surface area (Å²) >= 11 is 0. The van der Waals surface area contributed by atoms with Crippen LogP contribution in [0.4, 0.5) is 0 Å². The van der Waals surface area contributed by atoms with Crippen molar-refractivity contribution in [1.29, 1.82) is 0 Å². The summed E-state index contributed by atoms with van der Waals surface area (Å²) in [7, 11) is 0. The molecule has 0 amide bonds. The number of benzene rings is 1. The molecule has 0 N–H and O–H groups in total.